The summed E-state index contributed by atoms with van der Waals surface area (Å²) >= 11 is 0. The molecule has 0 fully saturated rings. The smallest absolute Gasteiger partial charge is 0.338 e. The highest BCUT2D eigenvalue weighted by atomic mass is 16.5. The van der Waals surface area contributed by atoms with Crippen molar-refractivity contribution in [3.63, 3.8) is 0 Å². The number of hydrogen-bond acceptors (Lipinski definition) is 7. The van der Waals surface area contributed by atoms with Crippen molar-refractivity contribution in [2.24, 2.45) is 0 Å². The van der Waals surface area contributed by atoms with Gasteiger partial charge >= 0.3 is 11.6 Å². The molecule has 2 aromatic carbocycles. The van der Waals surface area contributed by atoms with Gasteiger partial charge in [0.1, 0.15) is 30.6 Å². The van der Waals surface area contributed by atoms with Gasteiger partial charge in [0.05, 0.1) is 18.4 Å². The van der Waals surface area contributed by atoms with E-state index in [1.54, 1.807) is 53.5 Å². The van der Waals surface area contributed by atoms with E-state index >= 15 is 0 Å². The minimum Gasteiger partial charge on any atom is -0.497 e. The number of ether oxygens (including phenoxy) is 2. The molecule has 2 aromatic heterocycles. The molecule has 0 amide bonds. The average molecular weight is 377 g/mol. The van der Waals surface area contributed by atoms with Crippen LogP contribution in [0.15, 0.2) is 70.4 Å². The lowest BCUT2D eigenvalue weighted by Crippen LogP contribution is -2.08. The molecule has 2 heterocycles. The summed E-state index contributed by atoms with van der Waals surface area (Å²) < 4.78 is 17.3. The number of fused-ring (bicyclic) bond motifs is 1. The van der Waals surface area contributed by atoms with Gasteiger partial charge in [-0.1, -0.05) is 0 Å². The van der Waals surface area contributed by atoms with E-state index in [9.17, 15) is 9.59 Å². The Labute approximate surface area is 159 Å². The van der Waals surface area contributed by atoms with Gasteiger partial charge in [-0.25, -0.2) is 19.3 Å². The summed E-state index contributed by atoms with van der Waals surface area (Å²) in [6.45, 7) is -0.0575. The molecule has 0 aliphatic rings. The first-order valence-electron chi connectivity index (χ1n) is 8.37. The monoisotopic (exact) mass is 377 g/mol. The van der Waals surface area contributed by atoms with Crippen molar-refractivity contribution in [2.75, 3.05) is 7.11 Å². The summed E-state index contributed by atoms with van der Waals surface area (Å²) in [4.78, 5) is 28.0. The van der Waals surface area contributed by atoms with Crippen molar-refractivity contribution in [1.82, 2.24) is 14.8 Å². The van der Waals surface area contributed by atoms with Crippen LogP contribution in [0, 0.1) is 0 Å². The van der Waals surface area contributed by atoms with E-state index in [-0.39, 0.29) is 6.61 Å². The lowest BCUT2D eigenvalue weighted by atomic mass is 10.1. The molecule has 4 rings (SSSR count). The number of aromatic nitrogens is 3. The van der Waals surface area contributed by atoms with Crippen LogP contribution in [-0.4, -0.2) is 27.8 Å². The Morgan fingerprint density at radius 3 is 2.68 bits per heavy atom. The first-order valence-corrected chi connectivity index (χ1v) is 8.37. The van der Waals surface area contributed by atoms with Crippen LogP contribution >= 0.6 is 0 Å². The number of esters is 1. The Bertz CT molecular complexity index is 1180. The van der Waals surface area contributed by atoms with Gasteiger partial charge in [0.25, 0.3) is 0 Å². The van der Waals surface area contributed by atoms with E-state index in [0.717, 1.165) is 5.69 Å². The zero-order chi connectivity index (χ0) is 19.5. The van der Waals surface area contributed by atoms with Crippen molar-refractivity contribution >= 4 is 16.9 Å². The third kappa shape index (κ3) is 3.48. The van der Waals surface area contributed by atoms with E-state index in [4.69, 9.17) is 13.9 Å². The highest BCUT2D eigenvalue weighted by Gasteiger charge is 2.12. The maximum absolute atomic E-state index is 12.4. The van der Waals surface area contributed by atoms with Crippen molar-refractivity contribution in [2.45, 2.75) is 6.61 Å². The predicted molar refractivity (Wildman–Crippen MR) is 99.5 cm³/mol. The fraction of sp³-hybridized carbons (Fsp3) is 0.100. The van der Waals surface area contributed by atoms with Gasteiger partial charge < -0.3 is 13.9 Å². The van der Waals surface area contributed by atoms with Crippen molar-refractivity contribution < 1.29 is 18.7 Å². The summed E-state index contributed by atoms with van der Waals surface area (Å²) in [5.41, 5.74) is 1.56. The van der Waals surface area contributed by atoms with Crippen LogP contribution in [0.3, 0.4) is 0 Å². The molecule has 0 unspecified atom stereocenters. The van der Waals surface area contributed by atoms with Gasteiger partial charge in [0, 0.05) is 23.1 Å². The third-order valence-corrected chi connectivity index (χ3v) is 4.18. The second-order valence-corrected chi connectivity index (χ2v) is 5.92. The van der Waals surface area contributed by atoms with E-state index in [0.29, 0.717) is 27.8 Å². The summed E-state index contributed by atoms with van der Waals surface area (Å²) in [7, 11) is 1.53. The first-order chi connectivity index (χ1) is 13.6. The van der Waals surface area contributed by atoms with E-state index in [2.05, 4.69) is 10.1 Å². The second-order valence-electron chi connectivity index (χ2n) is 5.92. The molecule has 0 N–H and O–H groups in total. The minimum absolute atomic E-state index is 0.0575. The Morgan fingerprint density at radius 1 is 1.14 bits per heavy atom. The van der Waals surface area contributed by atoms with Crippen molar-refractivity contribution in [1.29, 1.82) is 0 Å². The zero-order valence-electron chi connectivity index (χ0n) is 14.9. The normalized spacial score (nSPS) is 10.8. The van der Waals surface area contributed by atoms with Gasteiger partial charge in [0.15, 0.2) is 0 Å². The summed E-state index contributed by atoms with van der Waals surface area (Å²) in [5, 5.41) is 4.70. The van der Waals surface area contributed by atoms with Gasteiger partial charge in [-0.05, 0) is 36.4 Å². The fourth-order valence-electron chi connectivity index (χ4n) is 2.78. The lowest BCUT2D eigenvalue weighted by Gasteiger charge is -2.08. The Morgan fingerprint density at radius 2 is 1.96 bits per heavy atom. The molecular formula is C20H15N3O5. The molecule has 0 spiro atoms. The molecule has 0 radical (unpaired) electrons. The van der Waals surface area contributed by atoms with Crippen molar-refractivity contribution in [3.05, 3.63) is 82.7 Å². The summed E-state index contributed by atoms with van der Waals surface area (Å²) in [6, 6.07) is 13.2. The van der Waals surface area contributed by atoms with Gasteiger partial charge in [-0.2, -0.15) is 5.10 Å². The standard InChI is InChI=1S/C20H15N3O5/c1-26-16-6-7-17-14(8-19(24)28-18(17)9-16)10-27-20(25)13-2-4-15(5-3-13)23-12-21-11-22-23/h2-9,11-12H,10H2,1H3. The van der Waals surface area contributed by atoms with E-state index in [1.807, 2.05) is 0 Å². The molecule has 4 aromatic rings. The van der Waals surface area contributed by atoms with Crippen LogP contribution in [-0.2, 0) is 11.3 Å². The molecular weight excluding hydrogens is 362 g/mol. The fourth-order valence-corrected chi connectivity index (χ4v) is 2.78. The van der Waals surface area contributed by atoms with Crippen molar-refractivity contribution in [3.8, 4) is 11.4 Å². The van der Waals surface area contributed by atoms with Crippen LogP contribution in [0.25, 0.3) is 16.7 Å². The second kappa shape index (κ2) is 7.36. The Kier molecular flexibility index (Phi) is 4.59. The number of benzene rings is 2. The zero-order valence-corrected chi connectivity index (χ0v) is 14.9. The minimum atomic E-state index is -0.524. The van der Waals surface area contributed by atoms with Crippen LogP contribution in [0.5, 0.6) is 5.75 Å². The molecule has 8 nitrogen and oxygen atoms in total. The number of carbonyl (C=O) groups excluding carboxylic acids is 1. The van der Waals surface area contributed by atoms with Crippen LogP contribution in [0.4, 0.5) is 0 Å². The Balaban J connectivity index is 1.52. The molecule has 0 aliphatic carbocycles. The number of carbonyl (C=O) groups is 1. The Hall–Kier alpha value is -3.94. The van der Waals surface area contributed by atoms with Gasteiger partial charge in [-0.3, -0.25) is 0 Å². The van der Waals surface area contributed by atoms with Gasteiger partial charge in [-0.15, -0.1) is 0 Å². The summed E-state index contributed by atoms with van der Waals surface area (Å²) in [5.74, 6) is 0.0670. The average Bonchev–Trinajstić information content (AvgIpc) is 3.26. The number of methoxy groups -OCH3 is 1. The SMILES string of the molecule is COc1ccc2c(COC(=O)c3ccc(-n4cncn4)cc3)cc(=O)oc2c1. The molecule has 28 heavy (non-hydrogen) atoms. The predicted octanol–water partition coefficient (Wildman–Crippen LogP) is 2.74. The maximum Gasteiger partial charge on any atom is 0.338 e. The number of rotatable bonds is 5. The molecule has 0 saturated heterocycles. The molecule has 140 valence electrons. The molecule has 0 saturated carbocycles. The van der Waals surface area contributed by atoms with Crippen LogP contribution in [0.2, 0.25) is 0 Å². The maximum atomic E-state index is 12.4. The highest BCUT2D eigenvalue weighted by Crippen LogP contribution is 2.23. The molecule has 8 heteroatoms. The van der Waals surface area contributed by atoms with E-state index < -0.39 is 11.6 Å². The molecule has 0 bridgehead atoms. The van der Waals surface area contributed by atoms with Crippen LogP contribution in [0.1, 0.15) is 15.9 Å². The third-order valence-electron chi connectivity index (χ3n) is 4.18. The molecule has 0 aliphatic heterocycles. The number of hydrogen-bond donors (Lipinski definition) is 0. The van der Waals surface area contributed by atoms with E-state index in [1.165, 1.54) is 19.5 Å². The molecule has 0 atom stereocenters. The van der Waals surface area contributed by atoms with Gasteiger partial charge in [0.2, 0.25) is 0 Å². The quantitative estimate of drug-likeness (QED) is 0.390. The largest absolute Gasteiger partial charge is 0.497 e. The first kappa shape index (κ1) is 17.5. The van der Waals surface area contributed by atoms with Crippen LogP contribution < -0.4 is 10.4 Å². The topological polar surface area (TPSA) is 96.5 Å². The lowest BCUT2D eigenvalue weighted by molar-refractivity contribution is 0.0474. The number of nitrogens with zero attached hydrogens (tertiary/aromatic N) is 3. The highest BCUT2D eigenvalue weighted by molar-refractivity contribution is 5.90. The summed E-state index contributed by atoms with van der Waals surface area (Å²) in [6.07, 6.45) is 2.99.